The number of anilines is 1. The Morgan fingerprint density at radius 3 is 2.18 bits per heavy atom. The van der Waals surface area contributed by atoms with Crippen molar-refractivity contribution in [1.82, 2.24) is 10.2 Å². The van der Waals surface area contributed by atoms with Crippen molar-refractivity contribution in [1.29, 1.82) is 0 Å². The van der Waals surface area contributed by atoms with E-state index in [-0.39, 0.29) is 41.0 Å². The number of methoxy groups -OCH3 is 1. The van der Waals surface area contributed by atoms with E-state index >= 15 is 0 Å². The highest BCUT2D eigenvalue weighted by Crippen LogP contribution is 2.36. The predicted octanol–water partition coefficient (Wildman–Crippen LogP) is 6.32. The van der Waals surface area contributed by atoms with Gasteiger partial charge in [0.15, 0.2) is 0 Å². The Labute approximate surface area is 291 Å². The second kappa shape index (κ2) is 16.4. The van der Waals surface area contributed by atoms with E-state index in [1.165, 1.54) is 49.3 Å². The maximum Gasteiger partial charge on any atom is 0.273 e. The van der Waals surface area contributed by atoms with E-state index in [0.29, 0.717) is 12.0 Å². The van der Waals surface area contributed by atoms with E-state index in [1.54, 1.807) is 12.1 Å². The Hall–Kier alpha value is -4.94. The number of sulfonamides is 1. The maximum absolute atomic E-state index is 14.7. The topological polar surface area (TPSA) is 139 Å². The molecule has 4 rings (SSSR count). The summed E-state index contributed by atoms with van der Waals surface area (Å²) in [5, 5.41) is 14.9. The molecule has 49 heavy (non-hydrogen) atoms. The highest BCUT2D eigenvalue weighted by atomic mass is 35.5. The van der Waals surface area contributed by atoms with E-state index in [0.717, 1.165) is 15.9 Å². The van der Waals surface area contributed by atoms with Crippen LogP contribution in [0.4, 0.5) is 11.4 Å². The molecule has 0 unspecified atom stereocenters. The lowest BCUT2D eigenvalue weighted by atomic mass is 10.0. The minimum absolute atomic E-state index is 0.0122. The number of carbonyl (C=O) groups excluding carboxylic acids is 2. The van der Waals surface area contributed by atoms with Crippen molar-refractivity contribution in [2.24, 2.45) is 0 Å². The van der Waals surface area contributed by atoms with Crippen molar-refractivity contribution >= 4 is 44.8 Å². The van der Waals surface area contributed by atoms with Gasteiger partial charge in [-0.3, -0.25) is 24.0 Å². The van der Waals surface area contributed by atoms with Crippen LogP contribution < -0.4 is 14.4 Å². The molecule has 258 valence electrons. The summed E-state index contributed by atoms with van der Waals surface area (Å²) in [6, 6.07) is 24.9. The number of rotatable bonds is 15. The number of ether oxygens (including phenoxy) is 1. The molecule has 2 atom stereocenters. The van der Waals surface area contributed by atoms with Gasteiger partial charge in [0.2, 0.25) is 11.8 Å². The highest BCUT2D eigenvalue weighted by molar-refractivity contribution is 7.92. The standard InChI is InChI=1S/C36H39ClN4O7S/c1-5-26(3)38-36(43)33(20-27-12-8-6-9-13-27)39(23-28-14-10-7-11-15-28)35(42)24-40(32-21-29(37)17-19-34(32)48-4)49(46,47)30-18-16-25(2)31(22-30)41(44)45/h6-19,21-22,26,33H,5,20,23-24H2,1-4H3,(H,38,43)/t26-,33-/m0/s1. The average molecular weight is 707 g/mol. The van der Waals surface area contributed by atoms with Crippen LogP contribution in [0.5, 0.6) is 5.75 Å². The first kappa shape index (κ1) is 36.9. The van der Waals surface area contributed by atoms with Gasteiger partial charge >= 0.3 is 0 Å². The molecule has 2 amide bonds. The largest absolute Gasteiger partial charge is 0.495 e. The van der Waals surface area contributed by atoms with Crippen LogP contribution >= 0.6 is 11.6 Å². The molecular formula is C36H39ClN4O7S. The molecule has 0 aliphatic carbocycles. The minimum atomic E-state index is -4.66. The number of nitro groups is 1. The predicted molar refractivity (Wildman–Crippen MR) is 189 cm³/mol. The average Bonchev–Trinajstić information content (AvgIpc) is 3.09. The van der Waals surface area contributed by atoms with E-state index in [2.05, 4.69) is 5.32 Å². The Morgan fingerprint density at radius 2 is 1.59 bits per heavy atom. The molecule has 0 aliphatic rings. The molecule has 11 nitrogen and oxygen atoms in total. The molecule has 4 aromatic carbocycles. The number of nitrogens with one attached hydrogen (secondary N) is 1. The van der Waals surface area contributed by atoms with Gasteiger partial charge in [-0.05, 0) is 55.7 Å². The summed E-state index contributed by atoms with van der Waals surface area (Å²) in [5.41, 5.74) is 1.31. The summed E-state index contributed by atoms with van der Waals surface area (Å²) in [5.74, 6) is -1.00. The van der Waals surface area contributed by atoms with E-state index in [4.69, 9.17) is 16.3 Å². The van der Waals surface area contributed by atoms with Crippen molar-refractivity contribution in [2.45, 2.75) is 57.1 Å². The lowest BCUT2D eigenvalue weighted by molar-refractivity contribution is -0.385. The number of carbonyl (C=O) groups is 2. The Morgan fingerprint density at radius 1 is 0.959 bits per heavy atom. The quantitative estimate of drug-likeness (QED) is 0.113. The molecule has 0 radical (unpaired) electrons. The third kappa shape index (κ3) is 9.15. The van der Waals surface area contributed by atoms with Crippen molar-refractivity contribution in [3.8, 4) is 5.75 Å². The number of hydrogen-bond donors (Lipinski definition) is 1. The lowest BCUT2D eigenvalue weighted by Gasteiger charge is -2.34. The van der Waals surface area contributed by atoms with Gasteiger partial charge in [-0.2, -0.15) is 0 Å². The number of amides is 2. The summed E-state index contributed by atoms with van der Waals surface area (Å²) in [4.78, 5) is 40.7. The smallest absolute Gasteiger partial charge is 0.273 e. The molecule has 0 spiro atoms. The fourth-order valence-corrected chi connectivity index (χ4v) is 6.82. The second-order valence-electron chi connectivity index (χ2n) is 11.6. The van der Waals surface area contributed by atoms with Gasteiger partial charge in [-0.15, -0.1) is 0 Å². The monoisotopic (exact) mass is 706 g/mol. The molecule has 0 heterocycles. The molecular weight excluding hydrogens is 668 g/mol. The number of halogens is 1. The normalized spacial score (nSPS) is 12.4. The van der Waals surface area contributed by atoms with E-state index in [1.807, 2.05) is 62.4 Å². The molecule has 1 N–H and O–H groups in total. The maximum atomic E-state index is 14.7. The van der Waals surface area contributed by atoms with Gasteiger partial charge in [0.25, 0.3) is 15.7 Å². The minimum Gasteiger partial charge on any atom is -0.495 e. The second-order valence-corrected chi connectivity index (χ2v) is 13.9. The number of hydrogen-bond acceptors (Lipinski definition) is 7. The van der Waals surface area contributed by atoms with Crippen LogP contribution in [-0.2, 0) is 32.6 Å². The molecule has 0 aliphatic heterocycles. The molecule has 0 saturated carbocycles. The van der Waals surface area contributed by atoms with Gasteiger partial charge in [0.1, 0.15) is 18.3 Å². The first-order valence-electron chi connectivity index (χ1n) is 15.6. The summed E-state index contributed by atoms with van der Waals surface area (Å²) in [6.45, 7) is 4.49. The van der Waals surface area contributed by atoms with E-state index in [9.17, 15) is 28.1 Å². The molecule has 0 saturated heterocycles. The number of nitro benzene ring substituents is 1. The number of benzene rings is 4. The summed E-state index contributed by atoms with van der Waals surface area (Å²) in [7, 11) is -3.32. The van der Waals surface area contributed by atoms with Gasteiger partial charge < -0.3 is 15.0 Å². The SMILES string of the molecule is CC[C@H](C)NC(=O)[C@H](Cc1ccccc1)N(Cc1ccccc1)C(=O)CN(c1cc(Cl)ccc1OC)S(=O)(=O)c1ccc(C)c([N+](=O)[O-])c1. The zero-order chi connectivity index (χ0) is 35.7. The molecule has 4 aromatic rings. The first-order valence-corrected chi connectivity index (χ1v) is 17.5. The van der Waals surface area contributed by atoms with Crippen LogP contribution in [0.3, 0.4) is 0 Å². The van der Waals surface area contributed by atoms with Gasteiger partial charge in [-0.25, -0.2) is 8.42 Å². The Balaban J connectivity index is 1.88. The molecule has 0 bridgehead atoms. The zero-order valence-electron chi connectivity index (χ0n) is 27.7. The molecule has 0 fully saturated rings. The van der Waals surface area contributed by atoms with Crippen molar-refractivity contribution in [3.05, 3.63) is 129 Å². The summed E-state index contributed by atoms with van der Waals surface area (Å²) >= 11 is 6.34. The zero-order valence-corrected chi connectivity index (χ0v) is 29.3. The van der Waals surface area contributed by atoms with Crippen LogP contribution in [-0.4, -0.2) is 55.8 Å². The Kier molecular flexibility index (Phi) is 12.4. The van der Waals surface area contributed by atoms with Crippen LogP contribution in [0.1, 0.15) is 37.0 Å². The summed E-state index contributed by atoms with van der Waals surface area (Å²) < 4.78 is 35.2. The van der Waals surface area contributed by atoms with Crippen molar-refractivity contribution < 1.29 is 27.7 Å². The summed E-state index contributed by atoms with van der Waals surface area (Å²) in [6.07, 6.45) is 0.804. The van der Waals surface area contributed by atoms with Crippen LogP contribution in [0, 0.1) is 17.0 Å². The lowest BCUT2D eigenvalue weighted by Crippen LogP contribution is -2.54. The van der Waals surface area contributed by atoms with Crippen molar-refractivity contribution in [2.75, 3.05) is 18.0 Å². The number of nitrogens with zero attached hydrogens (tertiary/aromatic N) is 3. The molecule has 13 heteroatoms. The van der Waals surface area contributed by atoms with Gasteiger partial charge in [-0.1, -0.05) is 85.3 Å². The van der Waals surface area contributed by atoms with Crippen LogP contribution in [0.2, 0.25) is 5.02 Å². The fourth-order valence-electron chi connectivity index (χ4n) is 5.22. The van der Waals surface area contributed by atoms with E-state index < -0.39 is 49.9 Å². The van der Waals surface area contributed by atoms with Gasteiger partial charge in [0, 0.05) is 35.7 Å². The fraction of sp³-hybridized carbons (Fsp3) is 0.278. The van der Waals surface area contributed by atoms with Crippen LogP contribution in [0.15, 0.2) is 102 Å². The first-order chi connectivity index (χ1) is 23.3. The third-order valence-electron chi connectivity index (χ3n) is 8.12. The number of aryl methyl sites for hydroxylation is 1. The van der Waals surface area contributed by atoms with Gasteiger partial charge in [0.05, 0.1) is 22.6 Å². The Bertz CT molecular complexity index is 1890. The van der Waals surface area contributed by atoms with Crippen molar-refractivity contribution in [3.63, 3.8) is 0 Å². The third-order valence-corrected chi connectivity index (χ3v) is 10.1. The van der Waals surface area contributed by atoms with Crippen LogP contribution in [0.25, 0.3) is 0 Å². The highest BCUT2D eigenvalue weighted by Gasteiger charge is 2.36. The molecule has 0 aromatic heterocycles.